The molecule has 18 heavy (non-hydrogen) atoms. The minimum absolute atomic E-state index is 0.212. The second kappa shape index (κ2) is 6.23. The van der Waals surface area contributed by atoms with Gasteiger partial charge < -0.3 is 9.64 Å². The first-order valence-electron chi connectivity index (χ1n) is 6.31. The standard InChI is InChI=1S/C14H18BrNO2/c1-18-12-5-6-13(15)11(9-12)10-14(17)16-7-3-2-4-8-16/h5-6,9H,2-4,7-8,10H2,1H3. The largest absolute Gasteiger partial charge is 0.497 e. The molecule has 1 aromatic carbocycles. The SMILES string of the molecule is COc1ccc(Br)c(CC(=O)N2CCCCC2)c1. The molecule has 1 amide bonds. The molecule has 0 saturated carbocycles. The fraction of sp³-hybridized carbons (Fsp3) is 0.500. The predicted octanol–water partition coefficient (Wildman–Crippen LogP) is 3.01. The van der Waals surface area contributed by atoms with Gasteiger partial charge in [0.15, 0.2) is 0 Å². The molecule has 0 spiro atoms. The van der Waals surface area contributed by atoms with Gasteiger partial charge in [-0.1, -0.05) is 15.9 Å². The van der Waals surface area contributed by atoms with E-state index in [2.05, 4.69) is 15.9 Å². The highest BCUT2D eigenvalue weighted by Gasteiger charge is 2.17. The lowest BCUT2D eigenvalue weighted by molar-refractivity contribution is -0.131. The summed E-state index contributed by atoms with van der Waals surface area (Å²) < 4.78 is 6.16. The van der Waals surface area contributed by atoms with E-state index in [-0.39, 0.29) is 5.91 Å². The molecule has 3 nitrogen and oxygen atoms in total. The van der Waals surface area contributed by atoms with Gasteiger partial charge in [-0.25, -0.2) is 0 Å². The lowest BCUT2D eigenvalue weighted by Crippen LogP contribution is -2.36. The van der Waals surface area contributed by atoms with Crippen LogP contribution in [0.4, 0.5) is 0 Å². The quantitative estimate of drug-likeness (QED) is 0.859. The maximum atomic E-state index is 12.2. The minimum Gasteiger partial charge on any atom is -0.497 e. The number of methoxy groups -OCH3 is 1. The maximum absolute atomic E-state index is 12.2. The van der Waals surface area contributed by atoms with E-state index in [9.17, 15) is 4.79 Å². The molecule has 0 unspecified atom stereocenters. The van der Waals surface area contributed by atoms with Crippen molar-refractivity contribution >= 4 is 21.8 Å². The zero-order chi connectivity index (χ0) is 13.0. The first kappa shape index (κ1) is 13.4. The van der Waals surface area contributed by atoms with Crippen molar-refractivity contribution < 1.29 is 9.53 Å². The Bertz CT molecular complexity index is 428. The third kappa shape index (κ3) is 3.25. The third-order valence-corrected chi connectivity index (χ3v) is 4.08. The van der Waals surface area contributed by atoms with Crippen LogP contribution in [0.2, 0.25) is 0 Å². The van der Waals surface area contributed by atoms with Crippen LogP contribution in [-0.2, 0) is 11.2 Å². The number of benzene rings is 1. The number of amides is 1. The highest BCUT2D eigenvalue weighted by Crippen LogP contribution is 2.23. The molecular weight excluding hydrogens is 294 g/mol. The fourth-order valence-corrected chi connectivity index (χ4v) is 2.62. The molecule has 0 aromatic heterocycles. The van der Waals surface area contributed by atoms with Crippen molar-refractivity contribution in [1.82, 2.24) is 4.90 Å². The van der Waals surface area contributed by atoms with Gasteiger partial charge in [0.25, 0.3) is 0 Å². The second-order valence-electron chi connectivity index (χ2n) is 4.58. The maximum Gasteiger partial charge on any atom is 0.227 e. The lowest BCUT2D eigenvalue weighted by atomic mass is 10.1. The first-order valence-corrected chi connectivity index (χ1v) is 7.10. The monoisotopic (exact) mass is 311 g/mol. The van der Waals surface area contributed by atoms with E-state index in [0.717, 1.165) is 41.7 Å². The Morgan fingerprint density at radius 1 is 1.33 bits per heavy atom. The molecule has 1 aliphatic heterocycles. The molecule has 1 heterocycles. The molecule has 0 bridgehead atoms. The highest BCUT2D eigenvalue weighted by molar-refractivity contribution is 9.10. The van der Waals surface area contributed by atoms with Gasteiger partial charge in [0.05, 0.1) is 13.5 Å². The van der Waals surface area contributed by atoms with Crippen molar-refractivity contribution in [2.45, 2.75) is 25.7 Å². The van der Waals surface area contributed by atoms with Gasteiger partial charge in [-0.3, -0.25) is 4.79 Å². The Morgan fingerprint density at radius 3 is 2.72 bits per heavy atom. The van der Waals surface area contributed by atoms with Crippen molar-refractivity contribution in [2.24, 2.45) is 0 Å². The van der Waals surface area contributed by atoms with Crippen LogP contribution in [0.3, 0.4) is 0 Å². The van der Waals surface area contributed by atoms with E-state index in [1.165, 1.54) is 6.42 Å². The highest BCUT2D eigenvalue weighted by atomic mass is 79.9. The van der Waals surface area contributed by atoms with Crippen LogP contribution in [0, 0.1) is 0 Å². The lowest BCUT2D eigenvalue weighted by Gasteiger charge is -2.27. The topological polar surface area (TPSA) is 29.5 Å². The van der Waals surface area contributed by atoms with E-state index in [1.54, 1.807) is 7.11 Å². The molecule has 2 rings (SSSR count). The van der Waals surface area contributed by atoms with Crippen LogP contribution >= 0.6 is 15.9 Å². The summed E-state index contributed by atoms with van der Waals surface area (Å²) >= 11 is 3.49. The number of hydrogen-bond acceptors (Lipinski definition) is 2. The number of hydrogen-bond donors (Lipinski definition) is 0. The average molecular weight is 312 g/mol. The molecule has 1 aromatic rings. The molecule has 4 heteroatoms. The van der Waals surface area contributed by atoms with E-state index in [1.807, 2.05) is 23.1 Å². The summed E-state index contributed by atoms with van der Waals surface area (Å²) in [5, 5.41) is 0. The van der Waals surface area contributed by atoms with Gasteiger partial charge in [-0.2, -0.15) is 0 Å². The zero-order valence-corrected chi connectivity index (χ0v) is 12.2. The van der Waals surface area contributed by atoms with Crippen LogP contribution in [0.5, 0.6) is 5.75 Å². The van der Waals surface area contributed by atoms with Crippen LogP contribution in [0.15, 0.2) is 22.7 Å². The Morgan fingerprint density at radius 2 is 2.06 bits per heavy atom. The predicted molar refractivity (Wildman–Crippen MR) is 74.8 cm³/mol. The Balaban J connectivity index is 2.05. The molecule has 0 radical (unpaired) electrons. The molecule has 1 aliphatic rings. The third-order valence-electron chi connectivity index (χ3n) is 3.30. The van der Waals surface area contributed by atoms with E-state index in [0.29, 0.717) is 6.42 Å². The van der Waals surface area contributed by atoms with E-state index in [4.69, 9.17) is 4.74 Å². The van der Waals surface area contributed by atoms with Gasteiger partial charge in [-0.15, -0.1) is 0 Å². The summed E-state index contributed by atoms with van der Waals surface area (Å²) in [6, 6.07) is 5.74. The number of halogens is 1. The Kier molecular flexibility index (Phi) is 4.64. The van der Waals surface area contributed by atoms with Crippen molar-refractivity contribution in [2.75, 3.05) is 20.2 Å². The minimum atomic E-state index is 0.212. The number of ether oxygens (including phenoxy) is 1. The van der Waals surface area contributed by atoms with E-state index < -0.39 is 0 Å². The summed E-state index contributed by atoms with van der Waals surface area (Å²) in [7, 11) is 1.64. The molecule has 0 aliphatic carbocycles. The molecule has 1 fully saturated rings. The van der Waals surface area contributed by atoms with Gasteiger partial charge in [-0.05, 0) is 43.0 Å². The fourth-order valence-electron chi connectivity index (χ4n) is 2.23. The van der Waals surface area contributed by atoms with E-state index >= 15 is 0 Å². The zero-order valence-electron chi connectivity index (χ0n) is 10.6. The van der Waals surface area contributed by atoms with Gasteiger partial charge in [0.2, 0.25) is 5.91 Å². The summed E-state index contributed by atoms with van der Waals surface area (Å²) in [5.41, 5.74) is 0.991. The smallest absolute Gasteiger partial charge is 0.227 e. The molecule has 0 atom stereocenters. The van der Waals surface area contributed by atoms with Crippen molar-refractivity contribution in [3.63, 3.8) is 0 Å². The second-order valence-corrected chi connectivity index (χ2v) is 5.43. The van der Waals surface area contributed by atoms with Crippen LogP contribution in [-0.4, -0.2) is 31.0 Å². The number of rotatable bonds is 3. The van der Waals surface area contributed by atoms with Gasteiger partial charge in [0.1, 0.15) is 5.75 Å². The number of nitrogens with zero attached hydrogens (tertiary/aromatic N) is 1. The van der Waals surface area contributed by atoms with Gasteiger partial charge in [0, 0.05) is 17.6 Å². The van der Waals surface area contributed by atoms with Crippen LogP contribution < -0.4 is 4.74 Å². The summed E-state index contributed by atoms with van der Waals surface area (Å²) in [6.07, 6.45) is 3.94. The van der Waals surface area contributed by atoms with Crippen molar-refractivity contribution in [1.29, 1.82) is 0 Å². The Labute approximate surface area is 116 Å². The van der Waals surface area contributed by atoms with Crippen molar-refractivity contribution in [3.05, 3.63) is 28.2 Å². The molecular formula is C14H18BrNO2. The normalized spacial score (nSPS) is 15.6. The summed E-state index contributed by atoms with van der Waals surface area (Å²) in [6.45, 7) is 1.81. The summed E-state index contributed by atoms with van der Waals surface area (Å²) in [5.74, 6) is 1.00. The first-order chi connectivity index (χ1) is 8.70. The molecule has 1 saturated heterocycles. The molecule has 0 N–H and O–H groups in total. The number of carbonyl (C=O) groups is 1. The van der Waals surface area contributed by atoms with Crippen LogP contribution in [0.25, 0.3) is 0 Å². The van der Waals surface area contributed by atoms with Crippen molar-refractivity contribution in [3.8, 4) is 5.75 Å². The number of carbonyl (C=O) groups excluding carboxylic acids is 1. The number of likely N-dealkylation sites (tertiary alicyclic amines) is 1. The Hall–Kier alpha value is -1.03. The molecule has 98 valence electrons. The average Bonchev–Trinajstić information content (AvgIpc) is 2.42. The summed E-state index contributed by atoms with van der Waals surface area (Å²) in [4.78, 5) is 14.2. The van der Waals surface area contributed by atoms with Gasteiger partial charge >= 0.3 is 0 Å². The van der Waals surface area contributed by atoms with Crippen LogP contribution in [0.1, 0.15) is 24.8 Å². The number of piperidine rings is 1.